The Kier molecular flexibility index (Phi) is 6.44. The number of fused-ring (bicyclic) bond motifs is 1. The second-order valence-electron chi connectivity index (χ2n) is 9.00. The van der Waals surface area contributed by atoms with E-state index in [9.17, 15) is 4.79 Å². The summed E-state index contributed by atoms with van der Waals surface area (Å²) >= 11 is 0. The van der Waals surface area contributed by atoms with Gasteiger partial charge in [0.15, 0.2) is 0 Å². The fourth-order valence-electron chi connectivity index (χ4n) is 4.84. The lowest BCUT2D eigenvalue weighted by atomic mass is 9.88. The Labute approximate surface area is 206 Å². The number of hydrogen-bond donors (Lipinski definition) is 1. The predicted molar refractivity (Wildman–Crippen MR) is 140 cm³/mol. The Balaban J connectivity index is 1.51. The van der Waals surface area contributed by atoms with Crippen molar-refractivity contribution in [2.45, 2.75) is 32.2 Å². The molecule has 35 heavy (non-hydrogen) atoms. The molecule has 4 heteroatoms. The van der Waals surface area contributed by atoms with Crippen LogP contribution >= 0.6 is 0 Å². The average molecular weight is 460 g/mol. The van der Waals surface area contributed by atoms with Crippen molar-refractivity contribution in [3.63, 3.8) is 0 Å². The van der Waals surface area contributed by atoms with Gasteiger partial charge in [0.1, 0.15) is 5.65 Å². The number of rotatable bonds is 7. The van der Waals surface area contributed by atoms with Crippen molar-refractivity contribution in [1.82, 2.24) is 14.7 Å². The van der Waals surface area contributed by atoms with Gasteiger partial charge in [-0.25, -0.2) is 4.98 Å². The van der Waals surface area contributed by atoms with E-state index in [0.717, 1.165) is 39.2 Å². The number of carbonyl (C=O) groups excluding carboxylic acids is 1. The topological polar surface area (TPSA) is 46.4 Å². The minimum Gasteiger partial charge on any atom is -0.345 e. The summed E-state index contributed by atoms with van der Waals surface area (Å²) < 4.78 is 2.12. The van der Waals surface area contributed by atoms with Gasteiger partial charge < -0.3 is 9.72 Å². The van der Waals surface area contributed by atoms with E-state index < -0.39 is 0 Å². The number of hydrogen-bond acceptors (Lipinski definition) is 2. The molecule has 4 nitrogen and oxygen atoms in total. The van der Waals surface area contributed by atoms with E-state index in [2.05, 4.69) is 71.0 Å². The van der Waals surface area contributed by atoms with Crippen LogP contribution in [0.25, 0.3) is 5.65 Å². The second-order valence-corrected chi connectivity index (χ2v) is 9.00. The Morgan fingerprint density at radius 3 is 2.06 bits per heavy atom. The molecule has 0 aliphatic rings. The minimum atomic E-state index is -0.216. The van der Waals surface area contributed by atoms with E-state index in [4.69, 9.17) is 0 Å². The van der Waals surface area contributed by atoms with E-state index in [1.807, 2.05) is 67.0 Å². The van der Waals surface area contributed by atoms with Gasteiger partial charge in [0.05, 0.1) is 11.7 Å². The van der Waals surface area contributed by atoms with Crippen molar-refractivity contribution in [2.75, 3.05) is 0 Å². The first-order valence-corrected chi connectivity index (χ1v) is 12.0. The molecule has 0 radical (unpaired) electrons. The van der Waals surface area contributed by atoms with Crippen LogP contribution in [0.4, 0.5) is 0 Å². The standard InChI is InChI=1S/C31H29N3O/c1-22-12-9-10-18-26(22)27(28-21-32-31-23(2)13-11-19-34(28)31)20-29(35)33-30(24-14-5-3-6-15-24)25-16-7-4-8-17-25/h3-19,21,27,30H,20H2,1-2H3,(H,33,35). The molecule has 2 aromatic heterocycles. The molecular formula is C31H29N3O. The van der Waals surface area contributed by atoms with Gasteiger partial charge in [-0.1, -0.05) is 91.0 Å². The first kappa shape index (κ1) is 22.6. The van der Waals surface area contributed by atoms with Crippen molar-refractivity contribution in [3.05, 3.63) is 143 Å². The zero-order valence-electron chi connectivity index (χ0n) is 20.1. The fourth-order valence-corrected chi connectivity index (χ4v) is 4.84. The van der Waals surface area contributed by atoms with Gasteiger partial charge in [-0.2, -0.15) is 0 Å². The highest BCUT2D eigenvalue weighted by Gasteiger charge is 2.25. The predicted octanol–water partition coefficient (Wildman–Crippen LogP) is 6.38. The zero-order valence-corrected chi connectivity index (χ0v) is 20.1. The SMILES string of the molecule is Cc1ccccc1C(CC(=O)NC(c1ccccc1)c1ccccc1)c1cnc2c(C)cccn12. The molecule has 5 rings (SSSR count). The van der Waals surface area contributed by atoms with E-state index in [1.54, 1.807) is 0 Å². The highest BCUT2D eigenvalue weighted by molar-refractivity contribution is 5.78. The molecule has 0 saturated carbocycles. The highest BCUT2D eigenvalue weighted by atomic mass is 16.1. The van der Waals surface area contributed by atoms with E-state index >= 15 is 0 Å². The van der Waals surface area contributed by atoms with Crippen molar-refractivity contribution in [1.29, 1.82) is 0 Å². The molecule has 0 fully saturated rings. The van der Waals surface area contributed by atoms with Gasteiger partial charge in [0.25, 0.3) is 0 Å². The van der Waals surface area contributed by atoms with Gasteiger partial charge in [0.2, 0.25) is 5.91 Å². The lowest BCUT2D eigenvalue weighted by Gasteiger charge is -2.23. The molecule has 3 aromatic carbocycles. The van der Waals surface area contributed by atoms with E-state index in [0.29, 0.717) is 6.42 Å². The van der Waals surface area contributed by atoms with Crippen molar-refractivity contribution < 1.29 is 4.79 Å². The number of amides is 1. The van der Waals surface area contributed by atoms with E-state index in [1.165, 1.54) is 0 Å². The number of imidazole rings is 1. The number of pyridine rings is 1. The average Bonchev–Trinajstić information content (AvgIpc) is 3.33. The maximum absolute atomic E-state index is 13.7. The summed E-state index contributed by atoms with van der Waals surface area (Å²) in [7, 11) is 0. The van der Waals surface area contributed by atoms with Crippen molar-refractivity contribution in [3.8, 4) is 0 Å². The molecule has 1 unspecified atom stereocenters. The first-order chi connectivity index (χ1) is 17.1. The van der Waals surface area contributed by atoms with Gasteiger partial charge in [0, 0.05) is 24.7 Å². The Bertz CT molecular complexity index is 1400. The molecule has 0 aliphatic heterocycles. The van der Waals surface area contributed by atoms with Crippen molar-refractivity contribution in [2.24, 2.45) is 0 Å². The molecule has 2 heterocycles. The largest absolute Gasteiger partial charge is 0.345 e. The maximum Gasteiger partial charge on any atom is 0.221 e. The third-order valence-electron chi connectivity index (χ3n) is 6.64. The maximum atomic E-state index is 13.7. The molecule has 0 saturated heterocycles. The summed E-state index contributed by atoms with van der Waals surface area (Å²) in [6, 6.07) is 32.4. The summed E-state index contributed by atoms with van der Waals surface area (Å²) in [6.07, 6.45) is 4.27. The lowest BCUT2D eigenvalue weighted by molar-refractivity contribution is -0.121. The molecule has 1 amide bonds. The first-order valence-electron chi connectivity index (χ1n) is 12.0. The summed E-state index contributed by atoms with van der Waals surface area (Å²) in [5.74, 6) is -0.126. The Hall–Kier alpha value is -4.18. The number of aryl methyl sites for hydroxylation is 2. The monoisotopic (exact) mass is 459 g/mol. The van der Waals surface area contributed by atoms with Crippen LogP contribution in [0.1, 0.15) is 51.9 Å². The van der Waals surface area contributed by atoms with Crippen LogP contribution in [0, 0.1) is 13.8 Å². The number of nitrogens with zero attached hydrogens (tertiary/aromatic N) is 2. The summed E-state index contributed by atoms with van der Waals surface area (Å²) in [4.78, 5) is 18.3. The number of nitrogens with one attached hydrogen (secondary N) is 1. The molecule has 174 valence electrons. The van der Waals surface area contributed by atoms with Crippen LogP contribution in [-0.2, 0) is 4.79 Å². The van der Waals surface area contributed by atoms with Crippen molar-refractivity contribution >= 4 is 11.6 Å². The Morgan fingerprint density at radius 2 is 1.40 bits per heavy atom. The van der Waals surface area contributed by atoms with Crippen LogP contribution in [0.2, 0.25) is 0 Å². The zero-order chi connectivity index (χ0) is 24.2. The van der Waals surface area contributed by atoms with Crippen LogP contribution in [0.3, 0.4) is 0 Å². The van der Waals surface area contributed by atoms with Crippen LogP contribution in [-0.4, -0.2) is 15.3 Å². The van der Waals surface area contributed by atoms with Crippen LogP contribution in [0.5, 0.6) is 0 Å². The molecule has 5 aromatic rings. The lowest BCUT2D eigenvalue weighted by Crippen LogP contribution is -2.31. The van der Waals surface area contributed by atoms with Gasteiger partial charge >= 0.3 is 0 Å². The van der Waals surface area contributed by atoms with Gasteiger partial charge in [-0.15, -0.1) is 0 Å². The molecule has 0 aliphatic carbocycles. The molecule has 1 atom stereocenters. The number of carbonyl (C=O) groups is 1. The third-order valence-corrected chi connectivity index (χ3v) is 6.64. The molecular weight excluding hydrogens is 430 g/mol. The van der Waals surface area contributed by atoms with Gasteiger partial charge in [-0.05, 0) is 47.7 Å². The minimum absolute atomic E-state index is 0.00133. The Morgan fingerprint density at radius 1 is 0.800 bits per heavy atom. The van der Waals surface area contributed by atoms with Gasteiger partial charge in [-0.3, -0.25) is 4.79 Å². The summed E-state index contributed by atoms with van der Waals surface area (Å²) in [5.41, 5.74) is 7.48. The smallest absolute Gasteiger partial charge is 0.221 e. The molecule has 0 spiro atoms. The van der Waals surface area contributed by atoms with Crippen LogP contribution in [0.15, 0.2) is 109 Å². The van der Waals surface area contributed by atoms with Crippen LogP contribution < -0.4 is 5.32 Å². The molecule has 1 N–H and O–H groups in total. The second kappa shape index (κ2) is 9.98. The summed E-state index contributed by atoms with van der Waals surface area (Å²) in [5, 5.41) is 3.32. The number of benzene rings is 3. The molecule has 0 bridgehead atoms. The third kappa shape index (κ3) is 4.73. The summed E-state index contributed by atoms with van der Waals surface area (Å²) in [6.45, 7) is 4.16. The number of aromatic nitrogens is 2. The normalized spacial score (nSPS) is 12.1. The van der Waals surface area contributed by atoms with E-state index in [-0.39, 0.29) is 17.9 Å². The fraction of sp³-hybridized carbons (Fsp3) is 0.161. The quantitative estimate of drug-likeness (QED) is 0.307. The highest BCUT2D eigenvalue weighted by Crippen LogP contribution is 2.32.